The molecule has 236 valence electrons. The van der Waals surface area contributed by atoms with Crippen LogP contribution in [0.1, 0.15) is 44.5 Å². The summed E-state index contributed by atoms with van der Waals surface area (Å²) in [4.78, 5) is 0. The maximum absolute atomic E-state index is 6.31. The van der Waals surface area contributed by atoms with Crippen molar-refractivity contribution in [2.45, 2.75) is 10.8 Å². The Bertz CT molecular complexity index is 2930. The predicted octanol–water partition coefficient (Wildman–Crippen LogP) is 12.3. The van der Waals surface area contributed by atoms with E-state index in [-0.39, 0.29) is 0 Å². The molecule has 0 fully saturated rings. The minimum atomic E-state index is -0.543. The molecule has 8 aromatic carbocycles. The van der Waals surface area contributed by atoms with Crippen LogP contribution in [0.4, 0.5) is 0 Å². The number of fused-ring (bicyclic) bond motifs is 15. The molecule has 0 radical (unpaired) electrons. The third-order valence-corrected chi connectivity index (χ3v) is 12.2. The Hall–Kier alpha value is -6.44. The number of hydrogen-bond donors (Lipinski definition) is 0. The van der Waals surface area contributed by atoms with Crippen molar-refractivity contribution in [1.82, 2.24) is 0 Å². The lowest BCUT2D eigenvalue weighted by atomic mass is 9.52. The molecule has 12 rings (SSSR count). The van der Waals surface area contributed by atoms with Crippen LogP contribution in [0.2, 0.25) is 0 Å². The number of hydrogen-bond acceptors (Lipinski definition) is 1. The van der Waals surface area contributed by atoms with Crippen molar-refractivity contribution < 1.29 is 4.42 Å². The monoisotopic (exact) mass is 646 g/mol. The van der Waals surface area contributed by atoms with Gasteiger partial charge < -0.3 is 4.42 Å². The molecular formula is C50H30O. The average molecular weight is 647 g/mol. The molecule has 9 aromatic rings. The Morgan fingerprint density at radius 3 is 1.63 bits per heavy atom. The summed E-state index contributed by atoms with van der Waals surface area (Å²) in [5, 5.41) is 2.29. The van der Waals surface area contributed by atoms with E-state index < -0.39 is 10.8 Å². The van der Waals surface area contributed by atoms with Gasteiger partial charge in [-0.15, -0.1) is 0 Å². The fourth-order valence-electron chi connectivity index (χ4n) is 10.4. The van der Waals surface area contributed by atoms with Crippen LogP contribution < -0.4 is 0 Å². The molecule has 1 spiro atoms. The van der Waals surface area contributed by atoms with Crippen LogP contribution in [-0.4, -0.2) is 0 Å². The minimum Gasteiger partial charge on any atom is -0.456 e. The summed E-state index contributed by atoms with van der Waals surface area (Å²) < 4.78 is 6.31. The molecule has 2 unspecified atom stereocenters. The first-order valence-corrected chi connectivity index (χ1v) is 17.9. The van der Waals surface area contributed by atoms with Crippen molar-refractivity contribution >= 4 is 21.9 Å². The molecule has 1 nitrogen and oxygen atoms in total. The Morgan fingerprint density at radius 1 is 0.314 bits per heavy atom. The van der Waals surface area contributed by atoms with Crippen LogP contribution >= 0.6 is 0 Å². The Kier molecular flexibility index (Phi) is 5.17. The van der Waals surface area contributed by atoms with E-state index in [4.69, 9.17) is 4.42 Å². The van der Waals surface area contributed by atoms with Gasteiger partial charge in [0.05, 0.1) is 10.8 Å². The summed E-state index contributed by atoms with van der Waals surface area (Å²) in [7, 11) is 0. The fraction of sp³-hybridized carbons (Fsp3) is 0.0400. The van der Waals surface area contributed by atoms with Crippen molar-refractivity contribution in [1.29, 1.82) is 0 Å². The Morgan fingerprint density at radius 2 is 0.843 bits per heavy atom. The third kappa shape index (κ3) is 3.15. The van der Waals surface area contributed by atoms with Gasteiger partial charge in [0.2, 0.25) is 0 Å². The molecule has 2 atom stereocenters. The van der Waals surface area contributed by atoms with Crippen molar-refractivity contribution in [2.75, 3.05) is 0 Å². The van der Waals surface area contributed by atoms with Gasteiger partial charge in [0.1, 0.15) is 11.2 Å². The number of furan rings is 1. The molecule has 0 aliphatic heterocycles. The quantitative estimate of drug-likeness (QED) is 0.182. The summed E-state index contributed by atoms with van der Waals surface area (Å²) in [6.45, 7) is 0. The van der Waals surface area contributed by atoms with E-state index in [1.165, 1.54) is 77.9 Å². The lowest BCUT2D eigenvalue weighted by Gasteiger charge is -2.48. The molecular weight excluding hydrogens is 617 g/mol. The molecule has 3 aliphatic rings. The first-order valence-electron chi connectivity index (χ1n) is 17.9. The molecule has 1 heteroatoms. The maximum Gasteiger partial charge on any atom is 0.135 e. The normalized spacial score (nSPS) is 18.7. The third-order valence-electron chi connectivity index (χ3n) is 12.2. The van der Waals surface area contributed by atoms with Crippen LogP contribution in [0.15, 0.2) is 186 Å². The Balaban J connectivity index is 1.27. The van der Waals surface area contributed by atoms with Crippen molar-refractivity contribution in [3.63, 3.8) is 0 Å². The van der Waals surface area contributed by atoms with E-state index in [2.05, 4.69) is 176 Å². The highest BCUT2D eigenvalue weighted by molar-refractivity contribution is 6.07. The molecule has 1 heterocycles. The predicted molar refractivity (Wildman–Crippen MR) is 207 cm³/mol. The van der Waals surface area contributed by atoms with Gasteiger partial charge in [-0.25, -0.2) is 0 Å². The van der Waals surface area contributed by atoms with Gasteiger partial charge in [0.25, 0.3) is 0 Å². The highest BCUT2D eigenvalue weighted by Crippen LogP contribution is 2.69. The zero-order valence-electron chi connectivity index (χ0n) is 27.7. The van der Waals surface area contributed by atoms with E-state index in [9.17, 15) is 0 Å². The van der Waals surface area contributed by atoms with E-state index in [0.717, 1.165) is 21.9 Å². The summed E-state index contributed by atoms with van der Waals surface area (Å²) in [6, 6.07) is 68.0. The zero-order valence-corrected chi connectivity index (χ0v) is 27.7. The molecule has 3 aliphatic carbocycles. The van der Waals surface area contributed by atoms with E-state index >= 15 is 0 Å². The molecule has 0 saturated heterocycles. The topological polar surface area (TPSA) is 13.1 Å². The molecule has 0 N–H and O–H groups in total. The van der Waals surface area contributed by atoms with Gasteiger partial charge in [-0.1, -0.05) is 164 Å². The summed E-state index contributed by atoms with van der Waals surface area (Å²) >= 11 is 0. The van der Waals surface area contributed by atoms with Crippen molar-refractivity contribution in [3.8, 4) is 33.4 Å². The largest absolute Gasteiger partial charge is 0.456 e. The highest BCUT2D eigenvalue weighted by Gasteiger charge is 2.60. The lowest BCUT2D eigenvalue weighted by molar-refractivity contribution is 0.637. The molecule has 1 aromatic heterocycles. The summed E-state index contributed by atoms with van der Waals surface area (Å²) in [5.41, 5.74) is 19.4. The first-order chi connectivity index (χ1) is 25.3. The molecule has 0 bridgehead atoms. The van der Waals surface area contributed by atoms with Gasteiger partial charge in [-0.05, 0) is 96.1 Å². The van der Waals surface area contributed by atoms with Crippen LogP contribution in [0.5, 0.6) is 0 Å². The second kappa shape index (κ2) is 9.62. The lowest BCUT2D eigenvalue weighted by Crippen LogP contribution is -2.43. The van der Waals surface area contributed by atoms with Gasteiger partial charge in [-0.2, -0.15) is 0 Å². The zero-order chi connectivity index (χ0) is 33.3. The van der Waals surface area contributed by atoms with Crippen LogP contribution in [-0.2, 0) is 10.8 Å². The van der Waals surface area contributed by atoms with Gasteiger partial charge in [-0.3, -0.25) is 0 Å². The van der Waals surface area contributed by atoms with E-state index in [1.54, 1.807) is 0 Å². The van der Waals surface area contributed by atoms with Gasteiger partial charge in [0.15, 0.2) is 0 Å². The highest BCUT2D eigenvalue weighted by atomic mass is 16.3. The molecule has 0 amide bonds. The molecule has 0 saturated carbocycles. The van der Waals surface area contributed by atoms with Crippen molar-refractivity contribution in [3.05, 3.63) is 226 Å². The number of rotatable bonds is 2. The van der Waals surface area contributed by atoms with E-state index in [1.807, 2.05) is 6.07 Å². The van der Waals surface area contributed by atoms with Gasteiger partial charge in [0, 0.05) is 10.8 Å². The minimum absolute atomic E-state index is 0.452. The van der Waals surface area contributed by atoms with Crippen molar-refractivity contribution in [2.24, 2.45) is 0 Å². The van der Waals surface area contributed by atoms with Crippen LogP contribution in [0, 0.1) is 0 Å². The number of para-hydroxylation sites is 1. The summed E-state index contributed by atoms with van der Waals surface area (Å²) in [6.07, 6.45) is 0. The summed E-state index contributed by atoms with van der Waals surface area (Å²) in [5.74, 6) is 0. The van der Waals surface area contributed by atoms with E-state index in [0.29, 0.717) is 0 Å². The van der Waals surface area contributed by atoms with Crippen LogP contribution in [0.25, 0.3) is 55.3 Å². The first kappa shape index (κ1) is 27.4. The fourth-order valence-corrected chi connectivity index (χ4v) is 10.4. The SMILES string of the molecule is c1ccc(C23c4ccccc4-c4cccc(c42)C2(c4ccccc4-c4cccc(-c5ccc6oc7ccccc7c6c5)c42)c2ccccc23)cc1. The molecule has 51 heavy (non-hydrogen) atoms. The second-order valence-electron chi connectivity index (χ2n) is 14.3. The standard InChI is InChI=1S/C50H30O/c1-2-14-32(15-3-1)49-40-22-7-4-17-35(40)38-21-13-26-44(48(38)49)50(43-25-10-9-24-42(43)49)41-23-8-5-16-34(41)37-20-12-19-33(47(37)50)31-28-29-46-39(30-31)36-18-6-11-27-45(36)51-46/h1-30H. The number of benzene rings is 8. The second-order valence-corrected chi connectivity index (χ2v) is 14.3. The van der Waals surface area contributed by atoms with Crippen LogP contribution in [0.3, 0.4) is 0 Å². The Labute approximate surface area is 296 Å². The smallest absolute Gasteiger partial charge is 0.135 e. The van der Waals surface area contributed by atoms with Gasteiger partial charge >= 0.3 is 0 Å². The maximum atomic E-state index is 6.31. The average Bonchev–Trinajstić information content (AvgIpc) is 3.83.